The number of nitrogens with one attached hydrogen (secondary N) is 3. The fraction of sp³-hybridized carbons (Fsp3) is 0.444. The molecular formula is C27H34N4O. The summed E-state index contributed by atoms with van der Waals surface area (Å²) >= 11 is 0. The fourth-order valence-electron chi connectivity index (χ4n) is 5.49. The van der Waals surface area contributed by atoms with Crippen molar-refractivity contribution in [3.05, 3.63) is 71.3 Å². The van der Waals surface area contributed by atoms with Gasteiger partial charge in [0.05, 0.1) is 12.1 Å². The van der Waals surface area contributed by atoms with Crippen molar-refractivity contribution in [1.29, 1.82) is 0 Å². The summed E-state index contributed by atoms with van der Waals surface area (Å²) in [6, 6.07) is 17.6. The lowest BCUT2D eigenvalue weighted by Gasteiger charge is -2.47. The zero-order valence-corrected chi connectivity index (χ0v) is 19.2. The Morgan fingerprint density at radius 1 is 1.09 bits per heavy atom. The van der Waals surface area contributed by atoms with Gasteiger partial charge in [0, 0.05) is 11.7 Å². The molecule has 32 heavy (non-hydrogen) atoms. The number of rotatable bonds is 4. The minimum absolute atomic E-state index is 0.0274. The molecule has 2 fully saturated rings. The molecule has 0 aromatic heterocycles. The van der Waals surface area contributed by atoms with Gasteiger partial charge in [0.2, 0.25) is 5.91 Å². The summed E-state index contributed by atoms with van der Waals surface area (Å²) in [5, 5.41) is 10.5. The number of amides is 1. The first-order valence-electron chi connectivity index (χ1n) is 12.0. The predicted molar refractivity (Wildman–Crippen MR) is 130 cm³/mol. The average Bonchev–Trinajstić information content (AvgIpc) is 3.13. The monoisotopic (exact) mass is 430 g/mol. The molecule has 0 bridgehead atoms. The van der Waals surface area contributed by atoms with Crippen LogP contribution in [0.3, 0.4) is 0 Å². The zero-order valence-electron chi connectivity index (χ0n) is 19.2. The number of carbonyl (C=O) groups is 1. The van der Waals surface area contributed by atoms with Crippen molar-refractivity contribution < 1.29 is 4.79 Å². The normalized spacial score (nSPS) is 29.8. The number of hydrogen-bond donors (Lipinski definition) is 3. The van der Waals surface area contributed by atoms with E-state index in [2.05, 4.69) is 102 Å². The third kappa shape index (κ3) is 3.96. The van der Waals surface area contributed by atoms with E-state index >= 15 is 0 Å². The highest BCUT2D eigenvalue weighted by Crippen LogP contribution is 2.35. The quantitative estimate of drug-likeness (QED) is 0.690. The Balaban J connectivity index is 1.31. The van der Waals surface area contributed by atoms with E-state index in [9.17, 15) is 4.79 Å². The summed E-state index contributed by atoms with van der Waals surface area (Å²) in [4.78, 5) is 15.6. The first kappa shape index (κ1) is 21.2. The van der Waals surface area contributed by atoms with Gasteiger partial charge in [-0.05, 0) is 60.9 Å². The van der Waals surface area contributed by atoms with Crippen LogP contribution in [0.2, 0.25) is 0 Å². The van der Waals surface area contributed by atoms with Gasteiger partial charge in [0.25, 0.3) is 0 Å². The molecule has 3 heterocycles. The molecule has 2 aromatic carbocycles. The number of allylic oxidation sites excluding steroid dienone is 1. The van der Waals surface area contributed by atoms with Crippen LogP contribution in [0.25, 0.3) is 6.08 Å². The standard InChI is InChI=1S/C27H34N4O/c1-17(2)20-11-8-19(9-12-20)10-13-21-14-15-28-25-24(21)26(32)30-27(29-25)31-18(3)16-22-6-4-5-7-23(22)31/h4-13,17-18,21,24-25,27-29H,14-16H2,1-3H3,(H,30,32)/b13-10+. The minimum Gasteiger partial charge on any atom is -0.336 e. The molecule has 168 valence electrons. The summed E-state index contributed by atoms with van der Waals surface area (Å²) in [5.41, 5.74) is 5.10. The lowest BCUT2D eigenvalue weighted by Crippen LogP contribution is -2.73. The van der Waals surface area contributed by atoms with Gasteiger partial charge in [-0.1, -0.05) is 68.5 Å². The first-order chi connectivity index (χ1) is 15.5. The molecule has 0 spiro atoms. The van der Waals surface area contributed by atoms with Crippen LogP contribution in [-0.2, 0) is 11.2 Å². The van der Waals surface area contributed by atoms with Crippen molar-refractivity contribution in [2.45, 2.75) is 58.0 Å². The summed E-state index contributed by atoms with van der Waals surface area (Å²) in [6.07, 6.45) is 6.16. The Hall–Kier alpha value is -2.63. The highest BCUT2D eigenvalue weighted by molar-refractivity contribution is 5.82. The molecule has 3 N–H and O–H groups in total. The summed E-state index contributed by atoms with van der Waals surface area (Å²) < 4.78 is 0. The minimum atomic E-state index is -0.193. The van der Waals surface area contributed by atoms with E-state index < -0.39 is 0 Å². The molecule has 0 radical (unpaired) electrons. The van der Waals surface area contributed by atoms with Crippen molar-refractivity contribution in [2.24, 2.45) is 11.8 Å². The van der Waals surface area contributed by atoms with Gasteiger partial charge in [0.1, 0.15) is 0 Å². The molecule has 2 saturated heterocycles. The second-order valence-corrected chi connectivity index (χ2v) is 9.76. The first-order valence-corrected chi connectivity index (χ1v) is 12.0. The molecule has 5 atom stereocenters. The third-order valence-corrected chi connectivity index (χ3v) is 7.26. The van der Waals surface area contributed by atoms with E-state index in [-0.39, 0.29) is 30.2 Å². The topological polar surface area (TPSA) is 56.4 Å². The number of carbonyl (C=O) groups excluding carboxylic acids is 1. The maximum atomic E-state index is 13.3. The molecule has 0 saturated carbocycles. The Labute approximate surface area is 191 Å². The van der Waals surface area contributed by atoms with Crippen LogP contribution in [-0.4, -0.2) is 30.9 Å². The second-order valence-electron chi connectivity index (χ2n) is 9.76. The van der Waals surface area contributed by atoms with E-state index in [1.54, 1.807) is 0 Å². The third-order valence-electron chi connectivity index (χ3n) is 7.26. The molecule has 5 unspecified atom stereocenters. The predicted octanol–water partition coefficient (Wildman–Crippen LogP) is 3.83. The number of anilines is 1. The van der Waals surface area contributed by atoms with Gasteiger partial charge in [-0.3, -0.25) is 10.1 Å². The lowest BCUT2D eigenvalue weighted by atomic mass is 9.81. The maximum absolute atomic E-state index is 13.3. The zero-order chi connectivity index (χ0) is 22.2. The lowest BCUT2D eigenvalue weighted by molar-refractivity contribution is -0.132. The van der Waals surface area contributed by atoms with Gasteiger partial charge in [-0.2, -0.15) is 0 Å². The van der Waals surface area contributed by atoms with Crippen LogP contribution < -0.4 is 20.9 Å². The van der Waals surface area contributed by atoms with Crippen LogP contribution in [0, 0.1) is 11.8 Å². The van der Waals surface area contributed by atoms with Crippen molar-refractivity contribution in [3.63, 3.8) is 0 Å². The molecule has 3 aliphatic heterocycles. The Bertz CT molecular complexity index is 999. The number of nitrogens with zero attached hydrogens (tertiary/aromatic N) is 1. The van der Waals surface area contributed by atoms with E-state index in [1.807, 2.05) is 0 Å². The van der Waals surface area contributed by atoms with Crippen molar-refractivity contribution in [3.8, 4) is 0 Å². The van der Waals surface area contributed by atoms with Gasteiger partial charge in [0.15, 0.2) is 6.29 Å². The number of piperidine rings is 1. The van der Waals surface area contributed by atoms with Crippen molar-refractivity contribution in [1.82, 2.24) is 16.0 Å². The fourth-order valence-corrected chi connectivity index (χ4v) is 5.49. The van der Waals surface area contributed by atoms with Gasteiger partial charge < -0.3 is 15.5 Å². The molecule has 1 amide bonds. The van der Waals surface area contributed by atoms with Gasteiger partial charge in [-0.15, -0.1) is 0 Å². The molecule has 5 heteroatoms. The van der Waals surface area contributed by atoms with Gasteiger partial charge in [-0.25, -0.2) is 0 Å². The van der Waals surface area contributed by atoms with Gasteiger partial charge >= 0.3 is 0 Å². The van der Waals surface area contributed by atoms with Crippen LogP contribution in [0.15, 0.2) is 54.6 Å². The van der Waals surface area contributed by atoms with E-state index in [0.29, 0.717) is 12.0 Å². The Kier molecular flexibility index (Phi) is 5.78. The van der Waals surface area contributed by atoms with Crippen LogP contribution in [0.5, 0.6) is 0 Å². The SMILES string of the molecule is CC(C)c1ccc(/C=C/C2CCNC3NC(N4c5ccccc5CC4C)NC(=O)C23)cc1. The highest BCUT2D eigenvalue weighted by atomic mass is 16.2. The number of hydrogen-bond acceptors (Lipinski definition) is 4. The van der Waals surface area contributed by atoms with Crippen molar-refractivity contribution in [2.75, 3.05) is 11.4 Å². The average molecular weight is 431 g/mol. The summed E-state index contributed by atoms with van der Waals surface area (Å²) in [6.45, 7) is 7.55. The van der Waals surface area contributed by atoms with Crippen molar-refractivity contribution >= 4 is 17.7 Å². The Morgan fingerprint density at radius 3 is 2.66 bits per heavy atom. The largest absolute Gasteiger partial charge is 0.336 e. The molecule has 3 aliphatic rings. The second kappa shape index (κ2) is 8.72. The molecule has 0 aliphatic carbocycles. The number of para-hydroxylation sites is 1. The molecule has 2 aromatic rings. The number of benzene rings is 2. The van der Waals surface area contributed by atoms with E-state index in [4.69, 9.17) is 0 Å². The highest BCUT2D eigenvalue weighted by Gasteiger charge is 2.45. The van der Waals surface area contributed by atoms with E-state index in [0.717, 1.165) is 19.4 Å². The van der Waals surface area contributed by atoms with Crippen LogP contribution in [0.4, 0.5) is 5.69 Å². The van der Waals surface area contributed by atoms with Crippen LogP contribution >= 0.6 is 0 Å². The van der Waals surface area contributed by atoms with E-state index in [1.165, 1.54) is 22.4 Å². The Morgan fingerprint density at radius 2 is 1.88 bits per heavy atom. The maximum Gasteiger partial charge on any atom is 0.229 e. The smallest absolute Gasteiger partial charge is 0.229 e. The summed E-state index contributed by atoms with van der Waals surface area (Å²) in [7, 11) is 0. The number of fused-ring (bicyclic) bond motifs is 2. The molecule has 5 nitrogen and oxygen atoms in total. The van der Waals surface area contributed by atoms with Crippen LogP contribution in [0.1, 0.15) is 49.8 Å². The molecule has 5 rings (SSSR count). The molecular weight excluding hydrogens is 396 g/mol. The summed E-state index contributed by atoms with van der Waals surface area (Å²) in [5.74, 6) is 0.767.